The number of halogens is 2. The summed E-state index contributed by atoms with van der Waals surface area (Å²) in [4.78, 5) is 4.64. The van der Waals surface area contributed by atoms with Gasteiger partial charge in [0.05, 0.1) is 11.0 Å². The number of benzene rings is 1. The van der Waals surface area contributed by atoms with E-state index in [1.165, 1.54) is 19.3 Å². The van der Waals surface area contributed by atoms with E-state index >= 15 is 0 Å². The van der Waals surface area contributed by atoms with Crippen LogP contribution in [0.25, 0.3) is 11.0 Å². The van der Waals surface area contributed by atoms with E-state index in [9.17, 15) is 4.39 Å². The first-order valence-corrected chi connectivity index (χ1v) is 8.40. The Morgan fingerprint density at radius 2 is 2.19 bits per heavy atom. The van der Waals surface area contributed by atoms with Gasteiger partial charge in [-0.1, -0.05) is 19.8 Å². The normalized spacial score (nSPS) is 16.6. The summed E-state index contributed by atoms with van der Waals surface area (Å²) in [6.45, 7) is 4.04. The van der Waals surface area contributed by atoms with Gasteiger partial charge >= 0.3 is 0 Å². The standard InChI is InChI=1S/C17H22ClFN2/c1-3-13(9-12-4-5-12)21-16-8-11(2)14(19)10-15(16)20-17(21)6-7-18/h8,10,12-13H,3-7,9H2,1-2H3. The number of fused-ring (bicyclic) bond motifs is 1. The van der Waals surface area contributed by atoms with Gasteiger partial charge in [0.25, 0.3) is 0 Å². The maximum atomic E-state index is 13.8. The average molecular weight is 309 g/mol. The highest BCUT2D eigenvalue weighted by Gasteiger charge is 2.27. The third-order valence-electron chi connectivity index (χ3n) is 4.50. The van der Waals surface area contributed by atoms with E-state index in [0.29, 0.717) is 17.5 Å². The van der Waals surface area contributed by atoms with Crippen molar-refractivity contribution in [3.05, 3.63) is 29.3 Å². The summed E-state index contributed by atoms with van der Waals surface area (Å²) in [5.74, 6) is 2.22. The summed E-state index contributed by atoms with van der Waals surface area (Å²) >= 11 is 5.94. The minimum Gasteiger partial charge on any atom is -0.325 e. The first-order valence-electron chi connectivity index (χ1n) is 7.87. The molecular formula is C17H22ClFN2. The van der Waals surface area contributed by atoms with Gasteiger partial charge in [-0.3, -0.25) is 0 Å². The van der Waals surface area contributed by atoms with E-state index in [1.807, 2.05) is 13.0 Å². The molecule has 1 atom stereocenters. The molecular weight excluding hydrogens is 287 g/mol. The fourth-order valence-electron chi connectivity index (χ4n) is 3.13. The van der Waals surface area contributed by atoms with Crippen LogP contribution in [0, 0.1) is 18.7 Å². The quantitative estimate of drug-likeness (QED) is 0.685. The number of hydrogen-bond acceptors (Lipinski definition) is 1. The van der Waals surface area contributed by atoms with Gasteiger partial charge in [0, 0.05) is 24.4 Å². The van der Waals surface area contributed by atoms with E-state index in [2.05, 4.69) is 16.5 Å². The van der Waals surface area contributed by atoms with Crippen LogP contribution in [0.3, 0.4) is 0 Å². The zero-order valence-corrected chi connectivity index (χ0v) is 13.5. The van der Waals surface area contributed by atoms with Crippen LogP contribution in [-0.4, -0.2) is 15.4 Å². The second-order valence-corrected chi connectivity index (χ2v) is 6.55. The summed E-state index contributed by atoms with van der Waals surface area (Å²) in [6.07, 6.45) is 5.71. The van der Waals surface area contributed by atoms with E-state index in [-0.39, 0.29) is 5.82 Å². The zero-order chi connectivity index (χ0) is 15.0. The summed E-state index contributed by atoms with van der Waals surface area (Å²) in [5, 5.41) is 0. The molecule has 4 heteroatoms. The Labute approximate surface area is 130 Å². The fourth-order valence-corrected chi connectivity index (χ4v) is 3.30. The fraction of sp³-hybridized carbons (Fsp3) is 0.588. The van der Waals surface area contributed by atoms with Crippen LogP contribution < -0.4 is 0 Å². The molecule has 0 N–H and O–H groups in total. The second kappa shape index (κ2) is 5.96. The van der Waals surface area contributed by atoms with Crippen molar-refractivity contribution < 1.29 is 4.39 Å². The minimum atomic E-state index is -0.181. The first kappa shape index (κ1) is 14.8. The Bertz CT molecular complexity index is 646. The van der Waals surface area contributed by atoms with E-state index in [0.717, 1.165) is 35.6 Å². The molecule has 0 bridgehead atoms. The number of imidazole rings is 1. The number of nitrogens with zero attached hydrogens (tertiary/aromatic N) is 2. The number of aromatic nitrogens is 2. The molecule has 2 aromatic rings. The lowest BCUT2D eigenvalue weighted by Crippen LogP contribution is -2.13. The van der Waals surface area contributed by atoms with Crippen LogP contribution >= 0.6 is 11.6 Å². The Morgan fingerprint density at radius 1 is 1.43 bits per heavy atom. The average Bonchev–Trinajstić information content (AvgIpc) is 3.21. The van der Waals surface area contributed by atoms with Gasteiger partial charge < -0.3 is 4.57 Å². The van der Waals surface area contributed by atoms with Gasteiger partial charge in [0.15, 0.2) is 0 Å². The third kappa shape index (κ3) is 2.94. The lowest BCUT2D eigenvalue weighted by atomic mass is 10.1. The molecule has 0 saturated heterocycles. The first-order chi connectivity index (χ1) is 10.1. The Balaban J connectivity index is 2.11. The molecule has 1 aliphatic carbocycles. The lowest BCUT2D eigenvalue weighted by molar-refractivity contribution is 0.426. The largest absolute Gasteiger partial charge is 0.325 e. The van der Waals surface area contributed by atoms with Crippen molar-refractivity contribution in [1.29, 1.82) is 0 Å². The van der Waals surface area contributed by atoms with Gasteiger partial charge in [0.1, 0.15) is 11.6 Å². The summed E-state index contributed by atoms with van der Waals surface area (Å²) in [7, 11) is 0. The van der Waals surface area contributed by atoms with Crippen LogP contribution in [0.4, 0.5) is 4.39 Å². The monoisotopic (exact) mass is 308 g/mol. The van der Waals surface area contributed by atoms with Crippen molar-refractivity contribution in [2.45, 2.75) is 52.0 Å². The molecule has 3 rings (SSSR count). The summed E-state index contributed by atoms with van der Waals surface area (Å²) in [5.41, 5.74) is 2.50. The van der Waals surface area contributed by atoms with Crippen LogP contribution in [0.5, 0.6) is 0 Å². The number of hydrogen-bond donors (Lipinski definition) is 0. The number of alkyl halides is 1. The molecule has 2 nitrogen and oxygen atoms in total. The molecule has 1 heterocycles. The van der Waals surface area contributed by atoms with Crippen molar-refractivity contribution in [2.24, 2.45) is 5.92 Å². The third-order valence-corrected chi connectivity index (χ3v) is 4.69. The van der Waals surface area contributed by atoms with Crippen LogP contribution in [0.2, 0.25) is 0 Å². The van der Waals surface area contributed by atoms with Crippen molar-refractivity contribution >= 4 is 22.6 Å². The van der Waals surface area contributed by atoms with Crippen molar-refractivity contribution in [2.75, 3.05) is 5.88 Å². The number of aryl methyl sites for hydroxylation is 2. The van der Waals surface area contributed by atoms with E-state index in [4.69, 9.17) is 11.6 Å². The molecule has 0 spiro atoms. The van der Waals surface area contributed by atoms with Crippen LogP contribution in [-0.2, 0) is 6.42 Å². The van der Waals surface area contributed by atoms with Crippen molar-refractivity contribution in [3.63, 3.8) is 0 Å². The predicted molar refractivity (Wildman–Crippen MR) is 85.5 cm³/mol. The SMILES string of the molecule is CCC(CC1CC1)n1c(CCCl)nc2cc(F)c(C)cc21. The molecule has 1 aliphatic rings. The molecule has 1 saturated carbocycles. The van der Waals surface area contributed by atoms with Gasteiger partial charge in [-0.15, -0.1) is 11.6 Å². The highest BCUT2D eigenvalue weighted by Crippen LogP contribution is 2.39. The second-order valence-electron chi connectivity index (χ2n) is 6.17. The van der Waals surface area contributed by atoms with Crippen LogP contribution in [0.1, 0.15) is 50.0 Å². The van der Waals surface area contributed by atoms with Crippen molar-refractivity contribution in [1.82, 2.24) is 9.55 Å². The molecule has 1 fully saturated rings. The maximum Gasteiger partial charge on any atom is 0.128 e. The molecule has 21 heavy (non-hydrogen) atoms. The Hall–Kier alpha value is -1.09. The predicted octanol–water partition coefficient (Wildman–Crippen LogP) is 5.02. The minimum absolute atomic E-state index is 0.181. The topological polar surface area (TPSA) is 17.8 Å². The van der Waals surface area contributed by atoms with Gasteiger partial charge in [0.2, 0.25) is 0 Å². The highest BCUT2D eigenvalue weighted by atomic mass is 35.5. The molecule has 0 aliphatic heterocycles. The molecule has 114 valence electrons. The van der Waals surface area contributed by atoms with Crippen LogP contribution in [0.15, 0.2) is 12.1 Å². The van der Waals surface area contributed by atoms with Gasteiger partial charge in [-0.2, -0.15) is 0 Å². The smallest absolute Gasteiger partial charge is 0.128 e. The summed E-state index contributed by atoms with van der Waals surface area (Å²) in [6, 6.07) is 3.94. The van der Waals surface area contributed by atoms with Gasteiger partial charge in [-0.05, 0) is 37.3 Å². The molecule has 1 aromatic heterocycles. The van der Waals surface area contributed by atoms with Gasteiger partial charge in [-0.25, -0.2) is 9.37 Å². The summed E-state index contributed by atoms with van der Waals surface area (Å²) < 4.78 is 16.1. The zero-order valence-electron chi connectivity index (χ0n) is 12.7. The highest BCUT2D eigenvalue weighted by molar-refractivity contribution is 6.17. The maximum absolute atomic E-state index is 13.8. The molecule has 0 radical (unpaired) electrons. The Kier molecular flexibility index (Phi) is 4.21. The molecule has 1 aromatic carbocycles. The van der Waals surface area contributed by atoms with E-state index in [1.54, 1.807) is 6.07 Å². The van der Waals surface area contributed by atoms with Crippen molar-refractivity contribution in [3.8, 4) is 0 Å². The Morgan fingerprint density at radius 3 is 2.81 bits per heavy atom. The molecule has 0 amide bonds. The number of rotatable bonds is 6. The lowest BCUT2D eigenvalue weighted by Gasteiger charge is -2.20. The molecule has 1 unspecified atom stereocenters. The van der Waals surface area contributed by atoms with E-state index < -0.39 is 0 Å².